The molecule has 2 rings (SSSR count). The molecule has 108 valence electrons. The number of likely N-dealkylation sites (N-methyl/N-ethyl adjacent to an activating group) is 1. The molecule has 1 amide bonds. The van der Waals surface area contributed by atoms with Crippen LogP contribution in [0.15, 0.2) is 5.16 Å². The van der Waals surface area contributed by atoms with Crippen molar-refractivity contribution in [2.45, 2.75) is 25.9 Å². The number of nitrogens with zero attached hydrogens (tertiary/aromatic N) is 2. The smallest absolute Gasteiger partial charge is 0.234 e. The molecule has 1 heterocycles. The highest BCUT2D eigenvalue weighted by molar-refractivity contribution is 6.09. The lowest BCUT2D eigenvalue weighted by Crippen LogP contribution is -2.49. The molecule has 4 N–H and O–H groups in total. The van der Waals surface area contributed by atoms with Crippen molar-refractivity contribution >= 4 is 11.7 Å². The summed E-state index contributed by atoms with van der Waals surface area (Å²) < 4.78 is 5.61. The van der Waals surface area contributed by atoms with E-state index in [4.69, 9.17) is 15.7 Å². The number of ether oxygens (including phenoxy) is 1. The van der Waals surface area contributed by atoms with Gasteiger partial charge in [-0.15, -0.1) is 0 Å². The molecule has 1 atom stereocenters. The van der Waals surface area contributed by atoms with Crippen LogP contribution in [0.1, 0.15) is 19.8 Å². The number of morpholine rings is 1. The van der Waals surface area contributed by atoms with E-state index in [9.17, 15) is 4.79 Å². The lowest BCUT2D eigenvalue weighted by atomic mass is 10.1. The van der Waals surface area contributed by atoms with Crippen molar-refractivity contribution in [3.05, 3.63) is 0 Å². The summed E-state index contributed by atoms with van der Waals surface area (Å²) in [5.74, 6) is -0.162. The summed E-state index contributed by atoms with van der Waals surface area (Å²) in [5, 5.41) is 14.5. The van der Waals surface area contributed by atoms with Gasteiger partial charge in [0.15, 0.2) is 5.84 Å². The second-order valence-electron chi connectivity index (χ2n) is 5.16. The van der Waals surface area contributed by atoms with Gasteiger partial charge in [0.05, 0.1) is 12.7 Å². The number of hydrogen-bond donors (Lipinski definition) is 3. The molecule has 1 saturated carbocycles. The van der Waals surface area contributed by atoms with Gasteiger partial charge in [0, 0.05) is 19.6 Å². The SMILES string of the molecule is CCN1CCOC(CNC(=O)C2(C(N)=NO)CC2)C1. The standard InChI is InChI=1S/C12H22N4O3/c1-2-16-5-6-19-9(8-16)7-14-11(17)12(3-4-12)10(13)15-18/h9,18H,2-8H2,1H3,(H2,13,15)(H,14,17). The number of nitrogens with one attached hydrogen (secondary N) is 1. The Morgan fingerprint density at radius 1 is 1.63 bits per heavy atom. The molecule has 0 spiro atoms. The number of amidine groups is 1. The van der Waals surface area contributed by atoms with E-state index in [1.807, 2.05) is 0 Å². The fourth-order valence-corrected chi connectivity index (χ4v) is 2.39. The minimum Gasteiger partial charge on any atom is -0.409 e. The third kappa shape index (κ3) is 2.98. The van der Waals surface area contributed by atoms with E-state index in [2.05, 4.69) is 22.3 Å². The van der Waals surface area contributed by atoms with Crippen LogP contribution in [0, 0.1) is 5.41 Å². The highest BCUT2D eigenvalue weighted by Crippen LogP contribution is 2.45. The average Bonchev–Trinajstić information content (AvgIpc) is 3.25. The van der Waals surface area contributed by atoms with Crippen LogP contribution in [-0.2, 0) is 9.53 Å². The predicted molar refractivity (Wildman–Crippen MR) is 69.9 cm³/mol. The highest BCUT2D eigenvalue weighted by Gasteiger charge is 2.54. The largest absolute Gasteiger partial charge is 0.409 e. The summed E-state index contributed by atoms with van der Waals surface area (Å²) in [6.45, 7) is 6.03. The van der Waals surface area contributed by atoms with Crippen LogP contribution in [0.3, 0.4) is 0 Å². The fraction of sp³-hybridized carbons (Fsp3) is 0.833. The predicted octanol–water partition coefficient (Wildman–Crippen LogP) is -0.650. The van der Waals surface area contributed by atoms with Gasteiger partial charge in [-0.05, 0) is 19.4 Å². The first-order chi connectivity index (χ1) is 9.12. The minimum absolute atomic E-state index is 0.00440. The lowest BCUT2D eigenvalue weighted by Gasteiger charge is -2.32. The van der Waals surface area contributed by atoms with E-state index in [1.54, 1.807) is 0 Å². The van der Waals surface area contributed by atoms with Gasteiger partial charge >= 0.3 is 0 Å². The van der Waals surface area contributed by atoms with Crippen LogP contribution in [0.25, 0.3) is 0 Å². The number of carbonyl (C=O) groups is 1. The maximum atomic E-state index is 12.1. The summed E-state index contributed by atoms with van der Waals surface area (Å²) >= 11 is 0. The zero-order chi connectivity index (χ0) is 13.9. The van der Waals surface area contributed by atoms with E-state index in [-0.39, 0.29) is 17.8 Å². The van der Waals surface area contributed by atoms with Gasteiger partial charge < -0.3 is 21.0 Å². The maximum absolute atomic E-state index is 12.1. The highest BCUT2D eigenvalue weighted by atomic mass is 16.5. The Kier molecular flexibility index (Phi) is 4.26. The van der Waals surface area contributed by atoms with Crippen LogP contribution in [0.4, 0.5) is 0 Å². The zero-order valence-corrected chi connectivity index (χ0v) is 11.3. The quantitative estimate of drug-likeness (QED) is 0.267. The first kappa shape index (κ1) is 14.1. The second kappa shape index (κ2) is 5.75. The van der Waals surface area contributed by atoms with Crippen LogP contribution in [0.5, 0.6) is 0 Å². The average molecular weight is 270 g/mol. The monoisotopic (exact) mass is 270 g/mol. The zero-order valence-electron chi connectivity index (χ0n) is 11.3. The Labute approximate surface area is 112 Å². The van der Waals surface area contributed by atoms with Crippen LogP contribution >= 0.6 is 0 Å². The third-order valence-corrected chi connectivity index (χ3v) is 3.94. The molecule has 1 saturated heterocycles. The minimum atomic E-state index is -0.784. The van der Waals surface area contributed by atoms with Crippen LogP contribution in [0.2, 0.25) is 0 Å². The van der Waals surface area contributed by atoms with Crippen LogP contribution in [-0.4, -0.2) is 60.7 Å². The van der Waals surface area contributed by atoms with Crippen molar-refractivity contribution in [3.8, 4) is 0 Å². The first-order valence-corrected chi connectivity index (χ1v) is 6.72. The molecule has 2 aliphatic rings. The van der Waals surface area contributed by atoms with Crippen molar-refractivity contribution in [3.63, 3.8) is 0 Å². The summed E-state index contributed by atoms with van der Waals surface area (Å²) in [6, 6.07) is 0. The second-order valence-corrected chi connectivity index (χ2v) is 5.16. The van der Waals surface area contributed by atoms with Gasteiger partial charge in [-0.3, -0.25) is 9.69 Å². The Balaban J connectivity index is 1.81. The van der Waals surface area contributed by atoms with Crippen molar-refractivity contribution in [1.29, 1.82) is 0 Å². The van der Waals surface area contributed by atoms with Gasteiger partial charge in [-0.2, -0.15) is 0 Å². The number of nitrogens with two attached hydrogens (primary N) is 1. The molecule has 2 fully saturated rings. The van der Waals surface area contributed by atoms with Gasteiger partial charge in [0.2, 0.25) is 5.91 Å². The Hall–Kier alpha value is -1.34. The molecule has 7 nitrogen and oxygen atoms in total. The first-order valence-electron chi connectivity index (χ1n) is 6.72. The molecule has 0 aromatic heterocycles. The fourth-order valence-electron chi connectivity index (χ4n) is 2.39. The number of rotatable bonds is 5. The number of carbonyl (C=O) groups excluding carboxylic acids is 1. The van der Waals surface area contributed by atoms with Gasteiger partial charge in [-0.1, -0.05) is 12.1 Å². The van der Waals surface area contributed by atoms with E-state index in [0.29, 0.717) is 26.0 Å². The molecule has 0 aromatic rings. The van der Waals surface area contributed by atoms with Gasteiger partial charge in [0.1, 0.15) is 5.41 Å². The van der Waals surface area contributed by atoms with Crippen molar-refractivity contribution in [1.82, 2.24) is 10.2 Å². The van der Waals surface area contributed by atoms with E-state index < -0.39 is 5.41 Å². The summed E-state index contributed by atoms with van der Waals surface area (Å²) in [7, 11) is 0. The molecule has 19 heavy (non-hydrogen) atoms. The topological polar surface area (TPSA) is 100 Å². The van der Waals surface area contributed by atoms with Gasteiger partial charge in [-0.25, -0.2) is 0 Å². The molecule has 7 heteroatoms. The number of hydrogen-bond acceptors (Lipinski definition) is 5. The molecule has 0 radical (unpaired) electrons. The Morgan fingerprint density at radius 2 is 2.37 bits per heavy atom. The molecule has 1 aliphatic carbocycles. The summed E-state index contributed by atoms with van der Waals surface area (Å²) in [4.78, 5) is 14.4. The summed E-state index contributed by atoms with van der Waals surface area (Å²) in [6.07, 6.45) is 1.30. The molecular formula is C12H22N4O3. The normalized spacial score (nSPS) is 27.0. The molecule has 1 unspecified atom stereocenters. The van der Waals surface area contributed by atoms with E-state index >= 15 is 0 Å². The number of oxime groups is 1. The molecule has 0 bridgehead atoms. The summed E-state index contributed by atoms with van der Waals surface area (Å²) in [5.41, 5.74) is 4.78. The molecule has 0 aromatic carbocycles. The van der Waals surface area contributed by atoms with E-state index in [0.717, 1.165) is 19.6 Å². The molecule has 1 aliphatic heterocycles. The Bertz CT molecular complexity index is 368. The number of amides is 1. The van der Waals surface area contributed by atoms with Crippen molar-refractivity contribution < 1.29 is 14.7 Å². The van der Waals surface area contributed by atoms with Gasteiger partial charge in [0.25, 0.3) is 0 Å². The maximum Gasteiger partial charge on any atom is 0.234 e. The molecular weight excluding hydrogens is 248 g/mol. The lowest BCUT2D eigenvalue weighted by molar-refractivity contribution is -0.125. The van der Waals surface area contributed by atoms with Crippen molar-refractivity contribution in [2.75, 3.05) is 32.8 Å². The van der Waals surface area contributed by atoms with Crippen LogP contribution < -0.4 is 11.1 Å². The van der Waals surface area contributed by atoms with Crippen molar-refractivity contribution in [2.24, 2.45) is 16.3 Å². The third-order valence-electron chi connectivity index (χ3n) is 3.94. The Morgan fingerprint density at radius 3 is 2.95 bits per heavy atom. The van der Waals surface area contributed by atoms with E-state index in [1.165, 1.54) is 0 Å².